The van der Waals surface area contributed by atoms with Gasteiger partial charge in [0.1, 0.15) is 6.04 Å². The van der Waals surface area contributed by atoms with Crippen molar-refractivity contribution in [1.29, 1.82) is 0 Å². The second kappa shape index (κ2) is 6.77. The van der Waals surface area contributed by atoms with Gasteiger partial charge in [-0.25, -0.2) is 4.79 Å². The molecule has 0 spiro atoms. The van der Waals surface area contributed by atoms with Gasteiger partial charge in [0.05, 0.1) is 0 Å². The Kier molecular flexibility index (Phi) is 5.25. The maximum absolute atomic E-state index is 12.7. The number of hydrogen-bond acceptors (Lipinski definition) is 3. The Labute approximate surface area is 126 Å². The third-order valence-electron chi connectivity index (χ3n) is 5.34. The average molecular weight is 296 g/mol. The Balaban J connectivity index is 2.05. The number of aliphatic carboxylic acids is 1. The van der Waals surface area contributed by atoms with E-state index in [1.807, 2.05) is 0 Å². The van der Waals surface area contributed by atoms with Crippen LogP contribution in [0.1, 0.15) is 58.3 Å². The molecule has 1 heterocycles. The van der Waals surface area contributed by atoms with Crippen molar-refractivity contribution in [3.63, 3.8) is 0 Å². The molecule has 1 saturated heterocycles. The number of carboxylic acid groups (broad SMARTS) is 1. The molecule has 1 saturated carbocycles. The molecule has 1 aliphatic heterocycles. The summed E-state index contributed by atoms with van der Waals surface area (Å²) >= 11 is 0. The molecule has 0 aromatic heterocycles. The molecule has 0 radical (unpaired) electrons. The van der Waals surface area contributed by atoms with Crippen LogP contribution < -0.4 is 5.73 Å². The highest BCUT2D eigenvalue weighted by molar-refractivity contribution is 5.84. The maximum atomic E-state index is 12.7. The van der Waals surface area contributed by atoms with E-state index in [2.05, 4.69) is 6.92 Å². The Bertz CT molecular complexity index is 391. The molecule has 0 bridgehead atoms. The summed E-state index contributed by atoms with van der Waals surface area (Å²) in [6.45, 7) is 3.15. The molecule has 5 heteroatoms. The number of carbonyl (C=O) groups excluding carboxylic acids is 1. The molecule has 1 amide bonds. The van der Waals surface area contributed by atoms with Gasteiger partial charge in [-0.3, -0.25) is 4.79 Å². The van der Waals surface area contributed by atoms with E-state index in [0.29, 0.717) is 31.8 Å². The van der Waals surface area contributed by atoms with Crippen molar-refractivity contribution in [3.8, 4) is 0 Å². The number of rotatable bonds is 4. The van der Waals surface area contributed by atoms with Crippen molar-refractivity contribution in [3.05, 3.63) is 0 Å². The molecule has 2 unspecified atom stereocenters. The minimum Gasteiger partial charge on any atom is -0.480 e. The van der Waals surface area contributed by atoms with Gasteiger partial charge in [0.2, 0.25) is 5.91 Å². The summed E-state index contributed by atoms with van der Waals surface area (Å²) in [5.74, 6) is -0.518. The van der Waals surface area contributed by atoms with Gasteiger partial charge in [-0.1, -0.05) is 26.2 Å². The molecular formula is C16H28N2O3. The van der Waals surface area contributed by atoms with Crippen LogP contribution in [0.4, 0.5) is 0 Å². The minimum absolute atomic E-state index is 0.0124. The Hall–Kier alpha value is -1.10. The van der Waals surface area contributed by atoms with Gasteiger partial charge in [0.15, 0.2) is 0 Å². The van der Waals surface area contributed by atoms with Crippen molar-refractivity contribution < 1.29 is 14.7 Å². The number of nitrogens with zero attached hydrogens (tertiary/aromatic N) is 1. The molecule has 21 heavy (non-hydrogen) atoms. The first-order valence-corrected chi connectivity index (χ1v) is 8.20. The van der Waals surface area contributed by atoms with E-state index in [1.165, 1.54) is 6.42 Å². The fraction of sp³-hybridized carbons (Fsp3) is 0.875. The minimum atomic E-state index is -0.875. The second-order valence-electron chi connectivity index (χ2n) is 7.01. The van der Waals surface area contributed by atoms with Crippen LogP contribution in [-0.2, 0) is 9.59 Å². The van der Waals surface area contributed by atoms with E-state index < -0.39 is 12.0 Å². The molecule has 3 N–H and O–H groups in total. The lowest BCUT2D eigenvalue weighted by molar-refractivity contribution is -0.154. The summed E-state index contributed by atoms with van der Waals surface area (Å²) in [5, 5.41) is 9.38. The lowest BCUT2D eigenvalue weighted by Crippen LogP contribution is -2.51. The van der Waals surface area contributed by atoms with Gasteiger partial charge in [0.25, 0.3) is 0 Å². The topological polar surface area (TPSA) is 83.6 Å². The third kappa shape index (κ3) is 3.76. The van der Waals surface area contributed by atoms with Crippen LogP contribution in [0.2, 0.25) is 0 Å². The Morgan fingerprint density at radius 2 is 1.95 bits per heavy atom. The first-order valence-electron chi connectivity index (χ1n) is 8.20. The predicted octanol–water partition coefficient (Wildman–Crippen LogP) is 2.00. The normalized spacial score (nSPS) is 29.1. The summed E-state index contributed by atoms with van der Waals surface area (Å²) in [6.07, 6.45) is 7.35. The fourth-order valence-corrected chi connectivity index (χ4v) is 3.85. The standard InChI is InChI=1S/C16H28N2O3/c1-12-5-8-18(13(9-12)15(20)21)14(19)10-16(11-17)6-3-2-4-7-16/h12-13H,2-11,17H2,1H3,(H,20,21). The Morgan fingerprint density at radius 3 is 2.52 bits per heavy atom. The smallest absolute Gasteiger partial charge is 0.326 e. The zero-order valence-corrected chi connectivity index (χ0v) is 13.0. The number of carboxylic acids is 1. The second-order valence-corrected chi connectivity index (χ2v) is 7.01. The number of carbonyl (C=O) groups is 2. The van der Waals surface area contributed by atoms with E-state index in [0.717, 1.165) is 32.1 Å². The quantitative estimate of drug-likeness (QED) is 0.831. The van der Waals surface area contributed by atoms with Gasteiger partial charge >= 0.3 is 5.97 Å². The zero-order valence-electron chi connectivity index (χ0n) is 13.0. The van der Waals surface area contributed by atoms with Crippen molar-refractivity contribution in [2.75, 3.05) is 13.1 Å². The number of hydrogen-bond donors (Lipinski definition) is 2. The molecule has 2 rings (SSSR count). The van der Waals surface area contributed by atoms with Crippen LogP contribution in [0.3, 0.4) is 0 Å². The van der Waals surface area contributed by atoms with Crippen molar-refractivity contribution in [1.82, 2.24) is 4.90 Å². The molecule has 120 valence electrons. The van der Waals surface area contributed by atoms with Gasteiger partial charge < -0.3 is 15.7 Å². The summed E-state index contributed by atoms with van der Waals surface area (Å²) in [4.78, 5) is 25.7. The predicted molar refractivity (Wildman–Crippen MR) is 80.7 cm³/mol. The summed E-state index contributed by atoms with van der Waals surface area (Å²) in [7, 11) is 0. The van der Waals surface area contributed by atoms with Crippen molar-refractivity contribution >= 4 is 11.9 Å². The molecular weight excluding hydrogens is 268 g/mol. The summed E-state index contributed by atoms with van der Waals surface area (Å²) in [6, 6.07) is -0.653. The monoisotopic (exact) mass is 296 g/mol. The van der Waals surface area contributed by atoms with E-state index in [9.17, 15) is 14.7 Å². The van der Waals surface area contributed by atoms with Crippen LogP contribution >= 0.6 is 0 Å². The van der Waals surface area contributed by atoms with Crippen LogP contribution in [0.5, 0.6) is 0 Å². The molecule has 0 aromatic rings. The van der Waals surface area contributed by atoms with Crippen LogP contribution in [0.25, 0.3) is 0 Å². The lowest BCUT2D eigenvalue weighted by atomic mass is 9.71. The third-order valence-corrected chi connectivity index (χ3v) is 5.34. The summed E-state index contributed by atoms with van der Waals surface area (Å²) in [5.41, 5.74) is 5.85. The lowest BCUT2D eigenvalue weighted by Gasteiger charge is -2.40. The SMILES string of the molecule is CC1CCN(C(=O)CC2(CN)CCCCC2)C(C(=O)O)C1. The number of likely N-dealkylation sites (tertiary alicyclic amines) is 1. The van der Waals surface area contributed by atoms with Gasteiger partial charge in [-0.15, -0.1) is 0 Å². The maximum Gasteiger partial charge on any atom is 0.326 e. The van der Waals surface area contributed by atoms with Gasteiger partial charge in [-0.05, 0) is 43.6 Å². The van der Waals surface area contributed by atoms with Crippen LogP contribution in [0.15, 0.2) is 0 Å². The highest BCUT2D eigenvalue weighted by atomic mass is 16.4. The molecule has 2 atom stereocenters. The molecule has 2 aliphatic rings. The van der Waals surface area contributed by atoms with E-state index in [-0.39, 0.29) is 11.3 Å². The van der Waals surface area contributed by atoms with Crippen molar-refractivity contribution in [2.24, 2.45) is 17.1 Å². The first kappa shape index (κ1) is 16.3. The zero-order chi connectivity index (χ0) is 15.5. The molecule has 5 nitrogen and oxygen atoms in total. The Morgan fingerprint density at radius 1 is 1.29 bits per heavy atom. The molecule has 1 aliphatic carbocycles. The van der Waals surface area contributed by atoms with Gasteiger partial charge in [-0.2, -0.15) is 0 Å². The molecule has 0 aromatic carbocycles. The van der Waals surface area contributed by atoms with E-state index in [4.69, 9.17) is 5.73 Å². The average Bonchev–Trinajstić information content (AvgIpc) is 2.47. The largest absolute Gasteiger partial charge is 0.480 e. The highest BCUT2D eigenvalue weighted by Gasteiger charge is 2.39. The van der Waals surface area contributed by atoms with Gasteiger partial charge in [0, 0.05) is 13.0 Å². The van der Waals surface area contributed by atoms with E-state index >= 15 is 0 Å². The van der Waals surface area contributed by atoms with Crippen molar-refractivity contribution in [2.45, 2.75) is 64.3 Å². The number of nitrogens with two attached hydrogens (primary N) is 1. The number of piperidine rings is 1. The van der Waals surface area contributed by atoms with E-state index in [1.54, 1.807) is 4.90 Å². The molecule has 2 fully saturated rings. The fourth-order valence-electron chi connectivity index (χ4n) is 3.85. The highest BCUT2D eigenvalue weighted by Crippen LogP contribution is 2.39. The van der Waals surface area contributed by atoms with Crippen LogP contribution in [0, 0.1) is 11.3 Å². The summed E-state index contributed by atoms with van der Waals surface area (Å²) < 4.78 is 0. The van der Waals surface area contributed by atoms with Crippen LogP contribution in [-0.4, -0.2) is 41.0 Å². The first-order chi connectivity index (χ1) is 9.97. The number of amides is 1.